The first-order chi connectivity index (χ1) is 9.79. The molecule has 0 radical (unpaired) electrons. The summed E-state index contributed by atoms with van der Waals surface area (Å²) in [5, 5.41) is 17.3. The molecule has 0 aromatic carbocycles. The standard InChI is InChI=1S/C8H15NO2.C7H8O3/c1-7(8(10)11)5-4-6-9(2)3;1-2-5-3-4-10-7(9)6(5)8/h5H,4,6H2,1-3H3,(H,10,11);2-5,7,9H,1H2. The molecule has 0 aliphatic carbocycles. The molecular weight excluding hydrogens is 274 g/mol. The van der Waals surface area contributed by atoms with Gasteiger partial charge in [-0.25, -0.2) is 4.79 Å². The van der Waals surface area contributed by atoms with E-state index in [9.17, 15) is 9.59 Å². The minimum Gasteiger partial charge on any atom is -0.478 e. The highest BCUT2D eigenvalue weighted by Crippen LogP contribution is 2.11. The van der Waals surface area contributed by atoms with Gasteiger partial charge in [0.2, 0.25) is 5.78 Å². The van der Waals surface area contributed by atoms with Gasteiger partial charge in [0.25, 0.3) is 6.29 Å². The number of carboxylic acids is 1. The van der Waals surface area contributed by atoms with Crippen molar-refractivity contribution in [3.05, 3.63) is 36.6 Å². The van der Waals surface area contributed by atoms with E-state index in [0.717, 1.165) is 13.0 Å². The summed E-state index contributed by atoms with van der Waals surface area (Å²) < 4.78 is 4.50. The summed E-state index contributed by atoms with van der Waals surface area (Å²) in [7, 11) is 3.92. The highest BCUT2D eigenvalue weighted by Gasteiger charge is 2.24. The zero-order valence-electron chi connectivity index (χ0n) is 12.7. The van der Waals surface area contributed by atoms with Crippen LogP contribution in [0.2, 0.25) is 0 Å². The summed E-state index contributed by atoms with van der Waals surface area (Å²) >= 11 is 0. The number of hydrogen-bond donors (Lipinski definition) is 2. The van der Waals surface area contributed by atoms with Gasteiger partial charge in [-0.15, -0.1) is 6.58 Å². The van der Waals surface area contributed by atoms with Crippen molar-refractivity contribution in [1.29, 1.82) is 0 Å². The van der Waals surface area contributed by atoms with Crippen molar-refractivity contribution < 1.29 is 24.5 Å². The van der Waals surface area contributed by atoms with E-state index in [4.69, 9.17) is 10.2 Å². The second-order valence-electron chi connectivity index (χ2n) is 4.77. The minimum absolute atomic E-state index is 0.363. The van der Waals surface area contributed by atoms with Crippen LogP contribution in [0.25, 0.3) is 0 Å². The summed E-state index contributed by atoms with van der Waals surface area (Å²) in [5.74, 6) is -1.59. The third-order valence-corrected chi connectivity index (χ3v) is 2.68. The molecule has 1 rings (SSSR count). The Balaban J connectivity index is 0.000000382. The SMILES string of the molecule is C=CC1C=COC(O)C1=O.CC(=CCCN(C)C)C(=O)O. The largest absolute Gasteiger partial charge is 0.478 e. The number of carboxylic acid groups (broad SMARTS) is 1. The van der Waals surface area contributed by atoms with Crippen molar-refractivity contribution >= 4 is 11.8 Å². The Morgan fingerprint density at radius 1 is 1.52 bits per heavy atom. The molecule has 1 aliphatic heterocycles. The smallest absolute Gasteiger partial charge is 0.330 e. The lowest BCUT2D eigenvalue weighted by atomic mass is 10.0. The fraction of sp³-hybridized carbons (Fsp3) is 0.467. The van der Waals surface area contributed by atoms with Crippen LogP contribution in [0.1, 0.15) is 13.3 Å². The number of carbonyl (C=O) groups is 2. The quantitative estimate of drug-likeness (QED) is 0.585. The molecule has 0 amide bonds. The van der Waals surface area contributed by atoms with Gasteiger partial charge in [0.15, 0.2) is 0 Å². The number of nitrogens with zero attached hydrogens (tertiary/aromatic N) is 1. The number of rotatable bonds is 5. The number of aliphatic carboxylic acids is 1. The first kappa shape index (κ1) is 19.1. The lowest BCUT2D eigenvalue weighted by Crippen LogP contribution is -2.30. The van der Waals surface area contributed by atoms with E-state index < -0.39 is 18.2 Å². The Morgan fingerprint density at radius 3 is 2.57 bits per heavy atom. The van der Waals surface area contributed by atoms with Gasteiger partial charge in [0.1, 0.15) is 0 Å². The molecule has 6 heteroatoms. The van der Waals surface area contributed by atoms with E-state index in [1.165, 1.54) is 12.3 Å². The van der Waals surface area contributed by atoms with Crippen LogP contribution in [-0.4, -0.2) is 53.8 Å². The molecule has 6 nitrogen and oxygen atoms in total. The van der Waals surface area contributed by atoms with Crippen LogP contribution in [0.15, 0.2) is 36.6 Å². The van der Waals surface area contributed by atoms with Gasteiger partial charge in [-0.2, -0.15) is 0 Å². The summed E-state index contributed by atoms with van der Waals surface area (Å²) in [6.45, 7) is 5.93. The zero-order chi connectivity index (χ0) is 16.4. The van der Waals surface area contributed by atoms with Crippen LogP contribution in [-0.2, 0) is 14.3 Å². The number of carbonyl (C=O) groups excluding carboxylic acids is 1. The summed E-state index contributed by atoms with van der Waals surface area (Å²) in [5.41, 5.74) is 0.423. The van der Waals surface area contributed by atoms with Gasteiger partial charge < -0.3 is 19.8 Å². The van der Waals surface area contributed by atoms with Crippen molar-refractivity contribution in [2.75, 3.05) is 20.6 Å². The third kappa shape index (κ3) is 8.06. The fourth-order valence-electron chi connectivity index (χ4n) is 1.35. The van der Waals surface area contributed by atoms with Crippen LogP contribution in [0.3, 0.4) is 0 Å². The molecule has 1 aliphatic rings. The Morgan fingerprint density at radius 2 is 2.14 bits per heavy atom. The topological polar surface area (TPSA) is 87.1 Å². The lowest BCUT2D eigenvalue weighted by molar-refractivity contribution is -0.150. The first-order valence-electron chi connectivity index (χ1n) is 6.50. The number of aliphatic hydroxyl groups excluding tert-OH is 1. The molecule has 2 unspecified atom stereocenters. The molecular formula is C15H23NO5. The molecule has 0 bridgehead atoms. The molecule has 0 saturated carbocycles. The van der Waals surface area contributed by atoms with Gasteiger partial charge >= 0.3 is 5.97 Å². The van der Waals surface area contributed by atoms with Gasteiger partial charge in [-0.3, -0.25) is 4.79 Å². The molecule has 21 heavy (non-hydrogen) atoms. The van der Waals surface area contributed by atoms with Gasteiger partial charge in [0.05, 0.1) is 12.2 Å². The molecule has 0 spiro atoms. The second-order valence-corrected chi connectivity index (χ2v) is 4.77. The maximum Gasteiger partial charge on any atom is 0.330 e. The number of ether oxygens (including phenoxy) is 1. The summed E-state index contributed by atoms with van der Waals surface area (Å²) in [4.78, 5) is 23.2. The van der Waals surface area contributed by atoms with E-state index in [-0.39, 0.29) is 5.78 Å². The van der Waals surface area contributed by atoms with E-state index in [0.29, 0.717) is 5.57 Å². The van der Waals surface area contributed by atoms with Crippen LogP contribution in [0.5, 0.6) is 0 Å². The average Bonchev–Trinajstić information content (AvgIpc) is 2.42. The maximum absolute atomic E-state index is 10.9. The van der Waals surface area contributed by atoms with Crippen LogP contribution < -0.4 is 0 Å². The van der Waals surface area contributed by atoms with E-state index in [1.54, 1.807) is 19.1 Å². The molecule has 2 N–H and O–H groups in total. The van der Waals surface area contributed by atoms with Crippen molar-refractivity contribution in [3.63, 3.8) is 0 Å². The molecule has 0 saturated heterocycles. The lowest BCUT2D eigenvalue weighted by Gasteiger charge is -2.16. The molecule has 0 aromatic rings. The Labute approximate surface area is 125 Å². The predicted octanol–water partition coefficient (Wildman–Crippen LogP) is 1.19. The molecule has 2 atom stereocenters. The van der Waals surface area contributed by atoms with Crippen molar-refractivity contribution in [2.45, 2.75) is 19.6 Å². The number of ketones is 1. The molecule has 0 fully saturated rings. The average molecular weight is 297 g/mol. The zero-order valence-corrected chi connectivity index (χ0v) is 12.7. The van der Waals surface area contributed by atoms with Crippen molar-refractivity contribution in [3.8, 4) is 0 Å². The van der Waals surface area contributed by atoms with Crippen LogP contribution >= 0.6 is 0 Å². The second kappa shape index (κ2) is 9.90. The van der Waals surface area contributed by atoms with Crippen LogP contribution in [0, 0.1) is 5.92 Å². The number of aliphatic hydroxyl groups is 1. The molecule has 118 valence electrons. The third-order valence-electron chi connectivity index (χ3n) is 2.68. The first-order valence-corrected chi connectivity index (χ1v) is 6.50. The Hall–Kier alpha value is -1.92. The fourth-order valence-corrected chi connectivity index (χ4v) is 1.35. The number of hydrogen-bond acceptors (Lipinski definition) is 5. The van der Waals surface area contributed by atoms with E-state index in [2.05, 4.69) is 11.3 Å². The number of allylic oxidation sites excluding steroid dienone is 2. The number of Topliss-reactive ketones (excluding diaryl/α,β-unsaturated/α-hetero) is 1. The van der Waals surface area contributed by atoms with Gasteiger partial charge in [-0.05, 0) is 33.5 Å². The normalized spacial score (nSPS) is 21.4. The Bertz CT molecular complexity index is 426. The van der Waals surface area contributed by atoms with Crippen molar-refractivity contribution in [2.24, 2.45) is 5.92 Å². The minimum atomic E-state index is -1.31. The van der Waals surface area contributed by atoms with E-state index in [1.807, 2.05) is 19.0 Å². The summed E-state index contributed by atoms with van der Waals surface area (Å²) in [6, 6.07) is 0. The highest BCUT2D eigenvalue weighted by molar-refractivity contribution is 5.87. The van der Waals surface area contributed by atoms with E-state index >= 15 is 0 Å². The van der Waals surface area contributed by atoms with Gasteiger partial charge in [0, 0.05) is 12.1 Å². The predicted molar refractivity (Wildman–Crippen MR) is 79.5 cm³/mol. The van der Waals surface area contributed by atoms with Crippen molar-refractivity contribution in [1.82, 2.24) is 4.90 Å². The molecule has 1 heterocycles. The molecule has 0 aromatic heterocycles. The van der Waals surface area contributed by atoms with Gasteiger partial charge in [-0.1, -0.05) is 12.2 Å². The summed E-state index contributed by atoms with van der Waals surface area (Å²) in [6.07, 6.45) is 5.53. The maximum atomic E-state index is 10.9. The highest BCUT2D eigenvalue weighted by atomic mass is 16.6. The monoisotopic (exact) mass is 297 g/mol. The Kier molecular flexibility index (Phi) is 9.00. The van der Waals surface area contributed by atoms with Crippen LogP contribution in [0.4, 0.5) is 0 Å².